The molecule has 3 aromatic rings. The van der Waals surface area contributed by atoms with Crippen molar-refractivity contribution in [3.8, 4) is 11.5 Å². The fourth-order valence-electron chi connectivity index (χ4n) is 2.86. The molecule has 136 valence electrons. The summed E-state index contributed by atoms with van der Waals surface area (Å²) in [6, 6.07) is 5.52. The lowest BCUT2D eigenvalue weighted by Gasteiger charge is -2.27. The van der Waals surface area contributed by atoms with Gasteiger partial charge in [-0.2, -0.15) is 4.98 Å². The van der Waals surface area contributed by atoms with Gasteiger partial charge < -0.3 is 24.4 Å². The highest BCUT2D eigenvalue weighted by atomic mass is 16.5. The maximum absolute atomic E-state index is 5.41. The molecule has 0 bridgehead atoms. The summed E-state index contributed by atoms with van der Waals surface area (Å²) in [5, 5.41) is 7.69. The Morgan fingerprint density at radius 3 is 2.50 bits per heavy atom. The largest absolute Gasteiger partial charge is 0.497 e. The topological polar surface area (TPSA) is 86.0 Å². The van der Waals surface area contributed by atoms with Crippen molar-refractivity contribution in [1.29, 1.82) is 0 Å². The summed E-state index contributed by atoms with van der Waals surface area (Å²) in [6.07, 6.45) is 3.51. The summed E-state index contributed by atoms with van der Waals surface area (Å²) < 4.78 is 17.7. The maximum atomic E-state index is 5.41. The predicted octanol–water partition coefficient (Wildman–Crippen LogP) is 1.72. The lowest BCUT2D eigenvalue weighted by molar-refractivity contribution is 0.122. The van der Waals surface area contributed by atoms with E-state index < -0.39 is 0 Å². The van der Waals surface area contributed by atoms with Crippen molar-refractivity contribution in [3.05, 3.63) is 30.6 Å². The third-order valence-electron chi connectivity index (χ3n) is 4.15. The van der Waals surface area contributed by atoms with E-state index >= 15 is 0 Å². The Hall–Kier alpha value is -3.07. The monoisotopic (exact) mass is 356 g/mol. The molecule has 1 saturated heterocycles. The Kier molecular flexibility index (Phi) is 4.44. The minimum atomic E-state index is 0.475. The van der Waals surface area contributed by atoms with Crippen LogP contribution in [0.1, 0.15) is 0 Å². The van der Waals surface area contributed by atoms with E-state index in [0.29, 0.717) is 36.3 Å². The van der Waals surface area contributed by atoms with E-state index in [1.165, 1.54) is 0 Å². The molecule has 0 spiro atoms. The van der Waals surface area contributed by atoms with Crippen LogP contribution >= 0.6 is 0 Å². The molecule has 26 heavy (non-hydrogen) atoms. The molecule has 9 nitrogen and oxygen atoms in total. The summed E-state index contributed by atoms with van der Waals surface area (Å²) in [5.74, 6) is 2.65. The molecule has 0 saturated carbocycles. The third kappa shape index (κ3) is 3.21. The molecular formula is C17H20N6O3. The number of methoxy groups -OCH3 is 2. The van der Waals surface area contributed by atoms with E-state index in [9.17, 15) is 0 Å². The first-order valence-electron chi connectivity index (χ1n) is 8.31. The summed E-state index contributed by atoms with van der Waals surface area (Å²) >= 11 is 0. The molecule has 1 fully saturated rings. The number of hydrogen-bond acceptors (Lipinski definition) is 8. The van der Waals surface area contributed by atoms with Crippen molar-refractivity contribution < 1.29 is 14.2 Å². The lowest BCUT2D eigenvalue weighted by Crippen LogP contribution is -2.37. The van der Waals surface area contributed by atoms with Crippen LogP contribution in [0, 0.1) is 0 Å². The number of anilines is 3. The van der Waals surface area contributed by atoms with Crippen LogP contribution in [0.2, 0.25) is 0 Å². The van der Waals surface area contributed by atoms with Gasteiger partial charge in [-0.1, -0.05) is 0 Å². The average Bonchev–Trinajstić information content (AvgIpc) is 3.10. The fraction of sp³-hybridized carbons (Fsp3) is 0.353. The number of rotatable bonds is 5. The van der Waals surface area contributed by atoms with Gasteiger partial charge in [0.15, 0.2) is 11.5 Å². The zero-order valence-corrected chi connectivity index (χ0v) is 14.7. The van der Waals surface area contributed by atoms with E-state index in [0.717, 1.165) is 24.6 Å². The van der Waals surface area contributed by atoms with E-state index in [4.69, 9.17) is 14.2 Å². The van der Waals surface area contributed by atoms with Crippen molar-refractivity contribution in [2.24, 2.45) is 0 Å². The first kappa shape index (κ1) is 16.4. The van der Waals surface area contributed by atoms with Crippen LogP contribution in [0.15, 0.2) is 30.6 Å². The van der Waals surface area contributed by atoms with Crippen molar-refractivity contribution in [1.82, 2.24) is 19.6 Å². The van der Waals surface area contributed by atoms with Crippen LogP contribution in [-0.4, -0.2) is 60.1 Å². The van der Waals surface area contributed by atoms with E-state index in [1.807, 2.05) is 18.2 Å². The molecule has 0 atom stereocenters. The van der Waals surface area contributed by atoms with Gasteiger partial charge in [-0.15, -0.1) is 5.10 Å². The minimum Gasteiger partial charge on any atom is -0.497 e. The molecular weight excluding hydrogens is 336 g/mol. The number of nitrogens with one attached hydrogen (secondary N) is 1. The van der Waals surface area contributed by atoms with Crippen LogP contribution in [0.25, 0.3) is 5.65 Å². The quantitative estimate of drug-likeness (QED) is 0.740. The number of morpholine rings is 1. The molecule has 1 N–H and O–H groups in total. The van der Waals surface area contributed by atoms with Crippen molar-refractivity contribution in [2.45, 2.75) is 0 Å². The van der Waals surface area contributed by atoms with Crippen molar-refractivity contribution >= 4 is 23.1 Å². The zero-order chi connectivity index (χ0) is 17.9. The molecule has 0 amide bonds. The Balaban J connectivity index is 1.66. The Labute approximate surface area is 150 Å². The van der Waals surface area contributed by atoms with E-state index in [1.54, 1.807) is 31.1 Å². The Bertz CT molecular complexity index is 884. The van der Waals surface area contributed by atoms with Gasteiger partial charge in [0.2, 0.25) is 5.95 Å². The summed E-state index contributed by atoms with van der Waals surface area (Å²) in [7, 11) is 3.23. The molecule has 3 heterocycles. The highest BCUT2D eigenvalue weighted by Gasteiger charge is 2.18. The van der Waals surface area contributed by atoms with Crippen LogP contribution in [0.4, 0.5) is 17.5 Å². The van der Waals surface area contributed by atoms with Gasteiger partial charge in [0.25, 0.3) is 0 Å². The Morgan fingerprint density at radius 1 is 1.08 bits per heavy atom. The summed E-state index contributed by atoms with van der Waals surface area (Å²) in [5.41, 5.74) is 1.48. The second-order valence-electron chi connectivity index (χ2n) is 5.78. The fourth-order valence-corrected chi connectivity index (χ4v) is 2.86. The van der Waals surface area contributed by atoms with Gasteiger partial charge in [-0.25, -0.2) is 9.50 Å². The summed E-state index contributed by atoms with van der Waals surface area (Å²) in [6.45, 7) is 2.95. The van der Waals surface area contributed by atoms with Crippen molar-refractivity contribution in [2.75, 3.05) is 50.7 Å². The van der Waals surface area contributed by atoms with Crippen LogP contribution in [-0.2, 0) is 4.74 Å². The van der Waals surface area contributed by atoms with E-state index in [2.05, 4.69) is 25.3 Å². The van der Waals surface area contributed by atoms with Gasteiger partial charge in [0.1, 0.15) is 11.5 Å². The Morgan fingerprint density at radius 2 is 1.81 bits per heavy atom. The number of ether oxygens (including phenoxy) is 3. The highest BCUT2D eigenvalue weighted by molar-refractivity contribution is 5.67. The molecule has 0 radical (unpaired) electrons. The molecule has 2 aromatic heterocycles. The van der Waals surface area contributed by atoms with Crippen LogP contribution in [0.3, 0.4) is 0 Å². The lowest BCUT2D eigenvalue weighted by atomic mass is 10.3. The second-order valence-corrected chi connectivity index (χ2v) is 5.78. The highest BCUT2D eigenvalue weighted by Crippen LogP contribution is 2.28. The number of fused-ring (bicyclic) bond motifs is 1. The first-order chi connectivity index (χ1) is 12.8. The van der Waals surface area contributed by atoms with Gasteiger partial charge in [0, 0.05) is 49.4 Å². The van der Waals surface area contributed by atoms with E-state index in [-0.39, 0.29) is 0 Å². The van der Waals surface area contributed by atoms with Gasteiger partial charge >= 0.3 is 0 Å². The van der Waals surface area contributed by atoms with Gasteiger partial charge in [0.05, 0.1) is 27.4 Å². The maximum Gasteiger partial charge on any atom is 0.247 e. The first-order valence-corrected chi connectivity index (χ1v) is 8.31. The second kappa shape index (κ2) is 7.04. The van der Waals surface area contributed by atoms with Gasteiger partial charge in [-0.3, -0.25) is 0 Å². The minimum absolute atomic E-state index is 0.475. The van der Waals surface area contributed by atoms with Crippen molar-refractivity contribution in [3.63, 3.8) is 0 Å². The number of nitrogens with zero attached hydrogens (tertiary/aromatic N) is 5. The molecule has 9 heteroatoms. The number of benzene rings is 1. The zero-order valence-electron chi connectivity index (χ0n) is 14.7. The molecule has 1 aliphatic heterocycles. The normalized spacial score (nSPS) is 14.5. The molecule has 0 unspecified atom stereocenters. The van der Waals surface area contributed by atoms with Crippen LogP contribution in [0.5, 0.6) is 11.5 Å². The molecule has 4 rings (SSSR count). The molecule has 1 aromatic carbocycles. The number of aromatic nitrogens is 4. The number of hydrogen-bond donors (Lipinski definition) is 1. The molecule has 0 aliphatic carbocycles. The predicted molar refractivity (Wildman–Crippen MR) is 96.6 cm³/mol. The third-order valence-corrected chi connectivity index (χ3v) is 4.15. The van der Waals surface area contributed by atoms with Crippen LogP contribution < -0.4 is 19.7 Å². The standard InChI is InChI=1S/C17H20N6O3/c1-24-13-9-12(10-14(11-13)25-2)19-17-20-16-15(18-3-4-23(16)21-17)22-5-7-26-8-6-22/h3-4,9-11H,5-8H2,1-2H3,(H,19,21). The molecule has 1 aliphatic rings. The SMILES string of the molecule is COc1cc(Nc2nc3c(N4CCOCC4)nccn3n2)cc(OC)c1. The van der Waals surface area contributed by atoms with Gasteiger partial charge in [-0.05, 0) is 0 Å². The smallest absolute Gasteiger partial charge is 0.247 e. The average molecular weight is 356 g/mol. The summed E-state index contributed by atoms with van der Waals surface area (Å²) in [4.78, 5) is 11.3.